The van der Waals surface area contributed by atoms with E-state index in [4.69, 9.17) is 16.6 Å². The first-order valence-electron chi connectivity index (χ1n) is 19.2. The Labute approximate surface area is 358 Å². The number of amides is 1. The first-order chi connectivity index (χ1) is 29.7. The molecule has 1 saturated carbocycles. The summed E-state index contributed by atoms with van der Waals surface area (Å²) in [7, 11) is -2.46. The number of benzene rings is 3. The van der Waals surface area contributed by atoms with E-state index in [1.165, 1.54) is 29.9 Å². The van der Waals surface area contributed by atoms with Crippen molar-refractivity contribution >= 4 is 55.2 Å². The van der Waals surface area contributed by atoms with Gasteiger partial charge in [-0.25, -0.2) is 40.9 Å². The van der Waals surface area contributed by atoms with E-state index < -0.39 is 87.7 Å². The Morgan fingerprint density at radius 3 is 2.46 bits per heavy atom. The standard InChI is InChI=1S/C41H33ClF6N10O4S/c1-17-15-49-18(2)50-33(17)20-5-6-23-27(12-20)52-39(58(40(23)60)29-8-7-26(42)32-35(29)56(3)54-38(32)55-63(4,61)62)28(11-19-9-21(43)13-22(44)10-19)51-30(59)16-57-36-31(34(53-57)37(45)46)24-14-25(24)41(36,47)48/h5-10,12-13,15,24-25,28,37H,11,14,16H2,1-4H3,(H,51,59)(H,54,55)/t24-,25+,28-/m0/s1. The Kier molecular flexibility index (Phi) is 9.92. The summed E-state index contributed by atoms with van der Waals surface area (Å²) in [5.41, 5.74) is -0.787. The average molecular weight is 911 g/mol. The van der Waals surface area contributed by atoms with Crippen molar-refractivity contribution in [3.8, 4) is 16.9 Å². The number of anilines is 1. The van der Waals surface area contributed by atoms with Crippen molar-refractivity contribution in [3.05, 3.63) is 121 Å². The summed E-state index contributed by atoms with van der Waals surface area (Å²) in [5.74, 6) is -8.59. The van der Waals surface area contributed by atoms with Gasteiger partial charge in [0.25, 0.3) is 17.9 Å². The van der Waals surface area contributed by atoms with Gasteiger partial charge in [-0.2, -0.15) is 19.0 Å². The maximum Gasteiger partial charge on any atom is 0.293 e. The number of aryl methyl sites for hydroxylation is 3. The number of rotatable bonds is 11. The lowest BCUT2D eigenvalue weighted by Crippen LogP contribution is -2.38. The van der Waals surface area contributed by atoms with Crippen LogP contribution in [0.25, 0.3) is 38.8 Å². The Bertz CT molecular complexity index is 3250. The van der Waals surface area contributed by atoms with Crippen LogP contribution in [-0.4, -0.2) is 59.7 Å². The monoisotopic (exact) mass is 910 g/mol. The molecule has 1 fully saturated rings. The van der Waals surface area contributed by atoms with E-state index in [0.717, 1.165) is 23.0 Å². The molecule has 0 aliphatic heterocycles. The molecule has 9 rings (SSSR count). The third-order valence-electron chi connectivity index (χ3n) is 11.2. The predicted molar refractivity (Wildman–Crippen MR) is 218 cm³/mol. The van der Waals surface area contributed by atoms with Crippen LogP contribution in [0.5, 0.6) is 0 Å². The third kappa shape index (κ3) is 7.35. The quantitative estimate of drug-likeness (QED) is 0.129. The number of sulfonamides is 1. The van der Waals surface area contributed by atoms with E-state index in [1.54, 1.807) is 32.2 Å². The molecule has 3 aromatic carbocycles. The Morgan fingerprint density at radius 1 is 1.03 bits per heavy atom. The maximum absolute atomic E-state index is 15.5. The van der Waals surface area contributed by atoms with Gasteiger partial charge >= 0.3 is 0 Å². The molecule has 0 saturated heterocycles. The summed E-state index contributed by atoms with van der Waals surface area (Å²) in [6, 6.07) is 8.57. The summed E-state index contributed by atoms with van der Waals surface area (Å²) < 4.78 is 119. The lowest BCUT2D eigenvalue weighted by molar-refractivity contribution is -0.123. The molecule has 22 heteroatoms. The molecule has 4 heterocycles. The van der Waals surface area contributed by atoms with Crippen molar-refractivity contribution in [3.63, 3.8) is 0 Å². The predicted octanol–water partition coefficient (Wildman–Crippen LogP) is 7.09. The van der Waals surface area contributed by atoms with Gasteiger partial charge in [0.2, 0.25) is 15.9 Å². The van der Waals surface area contributed by atoms with Gasteiger partial charge in [-0.3, -0.25) is 28.2 Å². The van der Waals surface area contributed by atoms with Crippen LogP contribution in [0.1, 0.15) is 64.5 Å². The first-order valence-corrected chi connectivity index (χ1v) is 21.5. The highest BCUT2D eigenvalue weighted by Gasteiger charge is 2.67. The second-order valence-corrected chi connectivity index (χ2v) is 17.9. The first kappa shape index (κ1) is 42.0. The van der Waals surface area contributed by atoms with Crippen molar-refractivity contribution in [1.29, 1.82) is 0 Å². The van der Waals surface area contributed by atoms with E-state index in [-0.39, 0.29) is 61.7 Å². The van der Waals surface area contributed by atoms with Gasteiger partial charge in [0.05, 0.1) is 50.5 Å². The van der Waals surface area contributed by atoms with Crippen molar-refractivity contribution < 1.29 is 39.6 Å². The molecular weight excluding hydrogens is 878 g/mol. The normalized spacial score (nSPS) is 17.0. The van der Waals surface area contributed by atoms with Gasteiger partial charge in [-0.1, -0.05) is 17.7 Å². The number of carbonyl (C=O) groups excluding carboxylic acids is 1. The number of aromatic nitrogens is 8. The summed E-state index contributed by atoms with van der Waals surface area (Å²) in [6.07, 6.45) is -1.16. The van der Waals surface area contributed by atoms with Gasteiger partial charge in [0.15, 0.2) is 5.82 Å². The Balaban J connectivity index is 1.27. The number of nitrogens with zero attached hydrogens (tertiary/aromatic N) is 8. The molecule has 2 aliphatic rings. The largest absolute Gasteiger partial charge is 0.344 e. The van der Waals surface area contributed by atoms with Crippen molar-refractivity contribution in [2.45, 2.75) is 57.5 Å². The lowest BCUT2D eigenvalue weighted by atomic mass is 10.0. The molecule has 0 radical (unpaired) electrons. The highest BCUT2D eigenvalue weighted by molar-refractivity contribution is 7.92. The molecule has 63 heavy (non-hydrogen) atoms. The van der Waals surface area contributed by atoms with Crippen molar-refractivity contribution in [1.82, 2.24) is 44.4 Å². The molecule has 14 nitrogen and oxygen atoms in total. The number of alkyl halides is 4. The molecule has 3 atom stereocenters. The zero-order valence-corrected chi connectivity index (χ0v) is 35.0. The fourth-order valence-corrected chi connectivity index (χ4v) is 9.29. The third-order valence-corrected chi connectivity index (χ3v) is 12.0. The number of halogens is 7. The molecule has 326 valence electrons. The second-order valence-electron chi connectivity index (χ2n) is 15.7. The number of hydrogen-bond acceptors (Lipinski definition) is 9. The molecule has 4 aromatic heterocycles. The zero-order chi connectivity index (χ0) is 45.0. The molecule has 2 aliphatic carbocycles. The Hall–Kier alpha value is -6.35. The maximum atomic E-state index is 15.5. The SMILES string of the molecule is Cc1ncc(C)c(-c2ccc3c(=O)n(-c4ccc(Cl)c5c(NS(C)(=O)=O)nn(C)c45)c([C@H](Cc4cc(F)cc(F)c4)NC(=O)Cn4nc(C(F)F)c5c4C(F)(F)[C@@H]4C[C@H]54)nc3c2)n1. The van der Waals surface area contributed by atoms with Crippen LogP contribution in [0.2, 0.25) is 5.02 Å². The minimum absolute atomic E-state index is 0.00635. The van der Waals surface area contributed by atoms with Gasteiger partial charge in [-0.05, 0) is 73.7 Å². The highest BCUT2D eigenvalue weighted by atomic mass is 35.5. The summed E-state index contributed by atoms with van der Waals surface area (Å²) in [5, 5.41) is 10.9. The number of hydrogen-bond donors (Lipinski definition) is 2. The smallest absolute Gasteiger partial charge is 0.293 e. The van der Waals surface area contributed by atoms with Gasteiger partial charge in [0, 0.05) is 42.8 Å². The number of carbonyl (C=O) groups is 1. The van der Waals surface area contributed by atoms with Crippen LogP contribution < -0.4 is 15.6 Å². The van der Waals surface area contributed by atoms with E-state index >= 15 is 13.6 Å². The van der Waals surface area contributed by atoms with E-state index in [9.17, 15) is 30.8 Å². The van der Waals surface area contributed by atoms with Gasteiger partial charge < -0.3 is 5.32 Å². The van der Waals surface area contributed by atoms with Gasteiger partial charge in [-0.15, -0.1) is 0 Å². The minimum Gasteiger partial charge on any atom is -0.344 e. The van der Waals surface area contributed by atoms with Crippen LogP contribution in [0.15, 0.2) is 59.5 Å². The molecule has 2 N–H and O–H groups in total. The number of fused-ring (bicyclic) bond motifs is 5. The molecule has 1 amide bonds. The lowest BCUT2D eigenvalue weighted by Gasteiger charge is -2.24. The van der Waals surface area contributed by atoms with Gasteiger partial charge in [0.1, 0.15) is 41.2 Å². The molecular formula is C41H33ClF6N10O4S. The van der Waals surface area contributed by atoms with Crippen LogP contribution in [0, 0.1) is 31.4 Å². The van der Waals surface area contributed by atoms with Crippen LogP contribution >= 0.6 is 11.6 Å². The van der Waals surface area contributed by atoms with E-state index in [1.807, 2.05) is 0 Å². The van der Waals surface area contributed by atoms with Crippen molar-refractivity contribution in [2.75, 3.05) is 11.0 Å². The summed E-state index contributed by atoms with van der Waals surface area (Å²) in [6.45, 7) is 2.49. The number of nitrogens with one attached hydrogen (secondary N) is 2. The fraction of sp³-hybridized carbons (Fsp3) is 0.293. The minimum atomic E-state index is -3.92. The molecule has 7 aromatic rings. The van der Waals surface area contributed by atoms with Crippen LogP contribution in [-0.2, 0) is 40.8 Å². The second kappa shape index (κ2) is 14.9. The molecule has 0 unspecified atom stereocenters. The highest BCUT2D eigenvalue weighted by Crippen LogP contribution is 2.68. The topological polar surface area (TPSA) is 172 Å². The summed E-state index contributed by atoms with van der Waals surface area (Å²) >= 11 is 6.64. The van der Waals surface area contributed by atoms with E-state index in [0.29, 0.717) is 33.4 Å². The van der Waals surface area contributed by atoms with Crippen LogP contribution in [0.4, 0.5) is 32.2 Å². The van der Waals surface area contributed by atoms with E-state index in [2.05, 4.69) is 30.2 Å². The zero-order valence-electron chi connectivity index (χ0n) is 33.4. The Morgan fingerprint density at radius 2 is 1.76 bits per heavy atom. The fourth-order valence-electron chi connectivity index (χ4n) is 8.55. The molecule has 0 spiro atoms. The average Bonchev–Trinajstić information content (AvgIpc) is 3.73. The van der Waals surface area contributed by atoms with Crippen molar-refractivity contribution in [2.24, 2.45) is 13.0 Å². The van der Waals surface area contributed by atoms with Crippen LogP contribution in [0.3, 0.4) is 0 Å². The molecule has 0 bridgehead atoms. The summed E-state index contributed by atoms with van der Waals surface area (Å²) in [4.78, 5) is 42.9.